The second-order valence-corrected chi connectivity index (χ2v) is 5.06. The van der Waals surface area contributed by atoms with Crippen LogP contribution in [0, 0.1) is 5.82 Å². The minimum Gasteiger partial charge on any atom is -0.377 e. The number of carbonyl (C=O) groups excluding carboxylic acids is 1. The van der Waals surface area contributed by atoms with Crippen molar-refractivity contribution < 1.29 is 23.1 Å². The van der Waals surface area contributed by atoms with Gasteiger partial charge in [-0.2, -0.15) is 8.78 Å². The lowest BCUT2D eigenvalue weighted by molar-refractivity contribution is -0.190. The van der Waals surface area contributed by atoms with Crippen LogP contribution in [0.15, 0.2) is 24.3 Å². The molecule has 0 saturated heterocycles. The van der Waals surface area contributed by atoms with Gasteiger partial charge in [0.25, 0.3) is 5.91 Å². The van der Waals surface area contributed by atoms with E-state index in [9.17, 15) is 23.1 Å². The van der Waals surface area contributed by atoms with Gasteiger partial charge in [-0.25, -0.2) is 4.39 Å². The molecule has 0 heterocycles. The Labute approximate surface area is 118 Å². The molecular formula is C13H13ClF3NO2. The molecule has 1 unspecified atom stereocenters. The first kappa shape index (κ1) is 15.1. The molecule has 1 amide bonds. The smallest absolute Gasteiger partial charge is 0.357 e. The van der Waals surface area contributed by atoms with E-state index in [0.29, 0.717) is 12.8 Å². The molecule has 0 aliphatic heterocycles. The zero-order valence-corrected chi connectivity index (χ0v) is 11.1. The molecule has 7 heteroatoms. The van der Waals surface area contributed by atoms with Crippen molar-refractivity contribution in [3.05, 3.63) is 35.6 Å². The molecule has 1 aromatic carbocycles. The van der Waals surface area contributed by atoms with E-state index in [1.54, 1.807) is 0 Å². The third-order valence-electron chi connectivity index (χ3n) is 3.23. The van der Waals surface area contributed by atoms with Crippen molar-refractivity contribution in [3.63, 3.8) is 0 Å². The van der Waals surface area contributed by atoms with Crippen molar-refractivity contribution in [2.24, 2.45) is 0 Å². The normalized spacial score (nSPS) is 18.4. The van der Waals surface area contributed by atoms with Gasteiger partial charge in [0.2, 0.25) is 0 Å². The number of nitrogens with one attached hydrogen (secondary N) is 1. The van der Waals surface area contributed by atoms with Crippen LogP contribution in [0.5, 0.6) is 0 Å². The highest BCUT2D eigenvalue weighted by molar-refractivity contribution is 6.19. The maximum atomic E-state index is 14.2. The van der Waals surface area contributed by atoms with Crippen molar-refractivity contribution in [3.8, 4) is 0 Å². The van der Waals surface area contributed by atoms with Gasteiger partial charge in [0.05, 0.1) is 5.88 Å². The Morgan fingerprint density at radius 3 is 2.50 bits per heavy atom. The molecule has 0 bridgehead atoms. The van der Waals surface area contributed by atoms with Gasteiger partial charge in [-0.3, -0.25) is 4.79 Å². The summed E-state index contributed by atoms with van der Waals surface area (Å²) in [5.41, 5.74) is -3.80. The summed E-state index contributed by atoms with van der Waals surface area (Å²) >= 11 is 5.42. The lowest BCUT2D eigenvalue weighted by atomic mass is 9.88. The molecule has 1 aliphatic rings. The lowest BCUT2D eigenvalue weighted by Crippen LogP contribution is -2.57. The van der Waals surface area contributed by atoms with E-state index in [2.05, 4.69) is 5.32 Å². The number of amides is 1. The van der Waals surface area contributed by atoms with E-state index < -0.39 is 34.7 Å². The fourth-order valence-corrected chi connectivity index (χ4v) is 2.12. The van der Waals surface area contributed by atoms with Crippen LogP contribution in [0.3, 0.4) is 0 Å². The molecule has 20 heavy (non-hydrogen) atoms. The summed E-state index contributed by atoms with van der Waals surface area (Å²) in [4.78, 5) is 11.6. The SMILES string of the molecule is O=C(NC1CC1)C(F)(F)C(O)(CCl)c1ccccc1F. The van der Waals surface area contributed by atoms with Crippen molar-refractivity contribution >= 4 is 17.5 Å². The van der Waals surface area contributed by atoms with Crippen molar-refractivity contribution in [2.75, 3.05) is 5.88 Å². The van der Waals surface area contributed by atoms with Crippen molar-refractivity contribution in [1.82, 2.24) is 5.32 Å². The monoisotopic (exact) mass is 307 g/mol. The fraction of sp³-hybridized carbons (Fsp3) is 0.462. The van der Waals surface area contributed by atoms with Gasteiger partial charge < -0.3 is 10.4 Å². The molecule has 1 aliphatic carbocycles. The third kappa shape index (κ3) is 2.50. The number of benzene rings is 1. The average molecular weight is 308 g/mol. The predicted molar refractivity (Wildman–Crippen MR) is 67.1 cm³/mol. The highest BCUT2D eigenvalue weighted by Gasteiger charge is 2.60. The zero-order chi connectivity index (χ0) is 15.0. The molecule has 0 radical (unpaired) electrons. The maximum absolute atomic E-state index is 14.2. The van der Waals surface area contributed by atoms with E-state index in [1.807, 2.05) is 0 Å². The zero-order valence-electron chi connectivity index (χ0n) is 10.4. The molecule has 0 aromatic heterocycles. The summed E-state index contributed by atoms with van der Waals surface area (Å²) in [5.74, 6) is -7.95. The number of carbonyl (C=O) groups is 1. The third-order valence-corrected chi connectivity index (χ3v) is 3.62. The number of aliphatic hydroxyl groups is 1. The molecule has 1 atom stereocenters. The van der Waals surface area contributed by atoms with Crippen LogP contribution < -0.4 is 5.32 Å². The summed E-state index contributed by atoms with van der Waals surface area (Å²) in [7, 11) is 0. The topological polar surface area (TPSA) is 49.3 Å². The van der Waals surface area contributed by atoms with Crippen LogP contribution in [-0.4, -0.2) is 28.9 Å². The summed E-state index contributed by atoms with van der Waals surface area (Å²) < 4.78 is 42.1. The highest BCUT2D eigenvalue weighted by atomic mass is 35.5. The molecule has 2 rings (SSSR count). The van der Waals surface area contributed by atoms with Gasteiger partial charge in [-0.1, -0.05) is 18.2 Å². The van der Waals surface area contributed by atoms with Crippen LogP contribution in [-0.2, 0) is 10.4 Å². The molecule has 3 nitrogen and oxygen atoms in total. The first-order valence-corrected chi connectivity index (χ1v) is 6.58. The van der Waals surface area contributed by atoms with E-state index in [4.69, 9.17) is 11.6 Å². The van der Waals surface area contributed by atoms with Crippen LogP contribution in [0.25, 0.3) is 0 Å². The van der Waals surface area contributed by atoms with Crippen molar-refractivity contribution in [1.29, 1.82) is 0 Å². The molecule has 2 N–H and O–H groups in total. The van der Waals surface area contributed by atoms with E-state index >= 15 is 0 Å². The van der Waals surface area contributed by atoms with Crippen LogP contribution in [0.4, 0.5) is 13.2 Å². The van der Waals surface area contributed by atoms with Crippen LogP contribution >= 0.6 is 11.6 Å². The Kier molecular flexibility index (Phi) is 3.97. The molecular weight excluding hydrogens is 295 g/mol. The summed E-state index contributed by atoms with van der Waals surface area (Å²) in [6.45, 7) is 0. The average Bonchev–Trinajstić information content (AvgIpc) is 3.22. The van der Waals surface area contributed by atoms with Gasteiger partial charge in [-0.15, -0.1) is 11.6 Å². The molecule has 1 saturated carbocycles. The van der Waals surface area contributed by atoms with Gasteiger partial charge in [0.1, 0.15) is 5.82 Å². The number of alkyl halides is 3. The van der Waals surface area contributed by atoms with E-state index in [1.165, 1.54) is 12.1 Å². The lowest BCUT2D eigenvalue weighted by Gasteiger charge is -2.33. The Morgan fingerprint density at radius 2 is 2.00 bits per heavy atom. The number of rotatable bonds is 5. The minimum atomic E-state index is -4.24. The van der Waals surface area contributed by atoms with Gasteiger partial charge >= 0.3 is 5.92 Å². The highest BCUT2D eigenvalue weighted by Crippen LogP contribution is 2.40. The largest absolute Gasteiger partial charge is 0.377 e. The van der Waals surface area contributed by atoms with Gasteiger partial charge in [-0.05, 0) is 18.9 Å². The number of hydrogen-bond acceptors (Lipinski definition) is 2. The summed E-state index contributed by atoms with van der Waals surface area (Å²) in [6, 6.07) is 4.16. The Hall–Kier alpha value is -1.27. The summed E-state index contributed by atoms with van der Waals surface area (Å²) in [5, 5.41) is 12.2. The second-order valence-electron chi connectivity index (χ2n) is 4.80. The predicted octanol–water partition coefficient (Wildman–Crippen LogP) is 2.17. The molecule has 1 aromatic rings. The molecule has 0 spiro atoms. The van der Waals surface area contributed by atoms with E-state index in [-0.39, 0.29) is 6.04 Å². The van der Waals surface area contributed by atoms with Gasteiger partial charge in [0, 0.05) is 11.6 Å². The molecule has 110 valence electrons. The van der Waals surface area contributed by atoms with Crippen LogP contribution in [0.1, 0.15) is 18.4 Å². The standard InChI is InChI=1S/C13H13ClF3NO2/c14-7-12(20,9-3-1-2-4-10(9)15)13(16,17)11(19)18-8-5-6-8/h1-4,8,20H,5-7H2,(H,18,19). The minimum absolute atomic E-state index is 0.312. The summed E-state index contributed by atoms with van der Waals surface area (Å²) in [6.07, 6.45) is 1.22. The maximum Gasteiger partial charge on any atom is 0.357 e. The first-order valence-electron chi connectivity index (χ1n) is 6.05. The number of hydrogen-bond donors (Lipinski definition) is 2. The Balaban J connectivity index is 2.37. The van der Waals surface area contributed by atoms with Crippen molar-refractivity contribution in [2.45, 2.75) is 30.4 Å². The van der Waals surface area contributed by atoms with Gasteiger partial charge in [0.15, 0.2) is 5.60 Å². The number of halogens is 4. The van der Waals surface area contributed by atoms with E-state index in [0.717, 1.165) is 12.1 Å². The quantitative estimate of drug-likeness (QED) is 0.819. The Bertz CT molecular complexity index is 522. The van der Waals surface area contributed by atoms with Crippen LogP contribution in [0.2, 0.25) is 0 Å². The first-order chi connectivity index (χ1) is 9.33. The Morgan fingerprint density at radius 1 is 1.40 bits per heavy atom. The second kappa shape index (κ2) is 5.26. The molecule has 1 fully saturated rings. The fourth-order valence-electron chi connectivity index (χ4n) is 1.81.